The van der Waals surface area contributed by atoms with E-state index in [1.54, 1.807) is 12.7 Å². The quantitative estimate of drug-likeness (QED) is 0.509. The number of allylic oxidation sites excluding steroid dienone is 3. The second-order valence-corrected chi connectivity index (χ2v) is 9.35. The molecule has 0 aromatic rings. The molecule has 3 fully saturated rings. The number of rotatable bonds is 6. The molecule has 27 heavy (non-hydrogen) atoms. The lowest BCUT2D eigenvalue weighted by Gasteiger charge is -2.53. The van der Waals surface area contributed by atoms with Gasteiger partial charge in [-0.2, -0.15) is 0 Å². The van der Waals surface area contributed by atoms with Crippen molar-refractivity contribution in [2.45, 2.75) is 64.9 Å². The van der Waals surface area contributed by atoms with Crippen LogP contribution in [0.25, 0.3) is 0 Å². The van der Waals surface area contributed by atoms with Crippen molar-refractivity contribution in [1.82, 2.24) is 0 Å². The van der Waals surface area contributed by atoms with Crippen LogP contribution >= 0.6 is 0 Å². The lowest BCUT2D eigenvalue weighted by Crippen LogP contribution is -2.46. The second-order valence-electron chi connectivity index (χ2n) is 9.35. The minimum Gasteiger partial charge on any atom is -0.382 e. The summed E-state index contributed by atoms with van der Waals surface area (Å²) < 4.78 is 16.5. The van der Waals surface area contributed by atoms with Gasteiger partial charge in [-0.05, 0) is 55.8 Å². The summed E-state index contributed by atoms with van der Waals surface area (Å²) in [7, 11) is 1.68. The molecule has 0 aromatic heterocycles. The van der Waals surface area contributed by atoms with Gasteiger partial charge in [0.15, 0.2) is 0 Å². The fourth-order valence-corrected chi connectivity index (χ4v) is 6.24. The van der Waals surface area contributed by atoms with E-state index in [0.717, 1.165) is 38.5 Å². The maximum absolute atomic E-state index is 12.5. The van der Waals surface area contributed by atoms with E-state index < -0.39 is 0 Å². The van der Waals surface area contributed by atoms with Gasteiger partial charge in [0.1, 0.15) is 12.6 Å². The van der Waals surface area contributed by atoms with Crippen LogP contribution in [-0.2, 0) is 19.0 Å². The number of hydrogen-bond acceptors (Lipinski definition) is 4. The summed E-state index contributed by atoms with van der Waals surface area (Å²) in [5.74, 6) is 1.58. The highest BCUT2D eigenvalue weighted by atomic mass is 16.7. The minimum absolute atomic E-state index is 0.0934. The fraction of sp³-hybridized carbons (Fsp3) is 0.783. The van der Waals surface area contributed by atoms with E-state index in [-0.39, 0.29) is 16.9 Å². The maximum Gasteiger partial charge on any atom is 0.147 e. The van der Waals surface area contributed by atoms with E-state index in [9.17, 15) is 4.79 Å². The molecule has 0 heterocycles. The molecule has 0 aromatic carbocycles. The first-order valence-corrected chi connectivity index (χ1v) is 10.6. The number of carbonyl (C=O) groups excluding carboxylic acids is 1. The molecule has 0 unspecified atom stereocenters. The Kier molecular flexibility index (Phi) is 5.34. The van der Waals surface area contributed by atoms with Crippen molar-refractivity contribution in [2.24, 2.45) is 22.7 Å². The van der Waals surface area contributed by atoms with E-state index in [0.29, 0.717) is 37.6 Å². The van der Waals surface area contributed by atoms with Crippen LogP contribution < -0.4 is 0 Å². The summed E-state index contributed by atoms with van der Waals surface area (Å²) in [6.45, 7) is 6.22. The van der Waals surface area contributed by atoms with Gasteiger partial charge in [-0.25, -0.2) is 0 Å². The van der Waals surface area contributed by atoms with Gasteiger partial charge >= 0.3 is 0 Å². The van der Waals surface area contributed by atoms with Crippen LogP contribution in [0.3, 0.4) is 0 Å². The summed E-state index contributed by atoms with van der Waals surface area (Å²) in [6.07, 6.45) is 12.3. The molecule has 0 saturated heterocycles. The number of ketones is 1. The van der Waals surface area contributed by atoms with Crippen LogP contribution in [0, 0.1) is 22.7 Å². The zero-order valence-corrected chi connectivity index (χ0v) is 17.1. The highest BCUT2D eigenvalue weighted by Crippen LogP contribution is 2.62. The molecule has 4 rings (SSSR count). The average Bonchev–Trinajstić information content (AvgIpc) is 2.97. The third kappa shape index (κ3) is 3.24. The molecule has 0 bridgehead atoms. The highest BCUT2D eigenvalue weighted by molar-refractivity contribution is 5.88. The Morgan fingerprint density at radius 2 is 1.81 bits per heavy atom. The monoisotopic (exact) mass is 374 g/mol. The number of Topliss-reactive ketones (excluding diaryl/α,β-unsaturated/α-hetero) is 1. The van der Waals surface area contributed by atoms with Gasteiger partial charge in [0.05, 0.1) is 19.3 Å². The summed E-state index contributed by atoms with van der Waals surface area (Å²) in [5.41, 5.74) is 3.26. The summed E-state index contributed by atoms with van der Waals surface area (Å²) in [6, 6.07) is 0. The highest BCUT2D eigenvalue weighted by Gasteiger charge is 2.56. The van der Waals surface area contributed by atoms with Gasteiger partial charge in [0, 0.05) is 18.9 Å². The Morgan fingerprint density at radius 1 is 1.04 bits per heavy atom. The molecule has 150 valence electrons. The standard InChI is InChI=1S/C23H34O4/c1-22-10-8-17(27-15-26-13-12-25-3)14-16(22)4-5-18-19-6-7-21(24)23(19,2)11-9-20(18)22/h4-5,17,19-20H,6-15H2,1-3H3/t17-,19-,20-,22-,23-/m0/s1. The summed E-state index contributed by atoms with van der Waals surface area (Å²) in [5, 5.41) is 0. The van der Waals surface area contributed by atoms with E-state index in [1.165, 1.54) is 12.0 Å². The Hall–Kier alpha value is -0.970. The zero-order valence-electron chi connectivity index (χ0n) is 17.1. The number of hydrogen-bond donors (Lipinski definition) is 0. The first kappa shape index (κ1) is 19.4. The van der Waals surface area contributed by atoms with Crippen molar-refractivity contribution < 1.29 is 19.0 Å². The van der Waals surface area contributed by atoms with Crippen LogP contribution in [-0.4, -0.2) is 39.0 Å². The Morgan fingerprint density at radius 3 is 2.63 bits per heavy atom. The molecular weight excluding hydrogens is 340 g/mol. The third-order valence-electron chi connectivity index (χ3n) is 8.05. The van der Waals surface area contributed by atoms with Gasteiger partial charge in [0.25, 0.3) is 0 Å². The van der Waals surface area contributed by atoms with E-state index in [1.807, 2.05) is 0 Å². The van der Waals surface area contributed by atoms with Gasteiger partial charge in [0.2, 0.25) is 0 Å². The molecule has 0 amide bonds. The predicted octanol–water partition coefficient (Wildman–Crippen LogP) is 4.44. The first-order valence-electron chi connectivity index (χ1n) is 10.6. The van der Waals surface area contributed by atoms with E-state index >= 15 is 0 Å². The minimum atomic E-state index is -0.0934. The molecular formula is C23H34O4. The maximum atomic E-state index is 12.5. The van der Waals surface area contributed by atoms with Crippen LogP contribution in [0.15, 0.2) is 23.3 Å². The summed E-state index contributed by atoms with van der Waals surface area (Å²) in [4.78, 5) is 12.5. The second kappa shape index (κ2) is 7.46. The molecule has 4 nitrogen and oxygen atoms in total. The molecule has 5 atom stereocenters. The number of fused-ring (bicyclic) bond motifs is 5. The molecule has 4 heteroatoms. The zero-order chi connectivity index (χ0) is 19.1. The molecule has 0 spiro atoms. The predicted molar refractivity (Wildman–Crippen MR) is 104 cm³/mol. The number of carbonyl (C=O) groups is 1. The van der Waals surface area contributed by atoms with Crippen molar-refractivity contribution in [3.63, 3.8) is 0 Å². The largest absolute Gasteiger partial charge is 0.382 e. The van der Waals surface area contributed by atoms with Crippen molar-refractivity contribution in [1.29, 1.82) is 0 Å². The molecule has 4 aliphatic carbocycles. The fourth-order valence-electron chi connectivity index (χ4n) is 6.24. The van der Waals surface area contributed by atoms with Crippen molar-refractivity contribution in [2.75, 3.05) is 27.1 Å². The molecule has 3 saturated carbocycles. The lowest BCUT2D eigenvalue weighted by molar-refractivity contribution is -0.127. The van der Waals surface area contributed by atoms with Gasteiger partial charge in [-0.3, -0.25) is 4.79 Å². The average molecular weight is 375 g/mol. The Bertz CT molecular complexity index is 651. The molecule has 0 N–H and O–H groups in total. The van der Waals surface area contributed by atoms with Gasteiger partial charge in [-0.15, -0.1) is 0 Å². The Balaban J connectivity index is 1.45. The van der Waals surface area contributed by atoms with Gasteiger partial charge in [-0.1, -0.05) is 37.1 Å². The van der Waals surface area contributed by atoms with Crippen molar-refractivity contribution >= 4 is 5.78 Å². The smallest absolute Gasteiger partial charge is 0.147 e. The number of methoxy groups -OCH3 is 1. The van der Waals surface area contributed by atoms with Crippen LogP contribution in [0.1, 0.15) is 58.8 Å². The van der Waals surface area contributed by atoms with Crippen LogP contribution in [0.4, 0.5) is 0 Å². The molecule has 0 aliphatic heterocycles. The van der Waals surface area contributed by atoms with Crippen LogP contribution in [0.2, 0.25) is 0 Å². The lowest BCUT2D eigenvalue weighted by atomic mass is 9.51. The van der Waals surface area contributed by atoms with E-state index in [2.05, 4.69) is 26.0 Å². The SMILES string of the molecule is COCCOCO[C@H]1CC[C@@]2(C)C(=CC=C3[C@@H]2CC[C@]2(C)C(=O)CC[C@@H]32)C1. The molecule has 4 aliphatic rings. The topological polar surface area (TPSA) is 44.8 Å². The van der Waals surface area contributed by atoms with Crippen molar-refractivity contribution in [3.05, 3.63) is 23.3 Å². The van der Waals surface area contributed by atoms with Crippen LogP contribution in [0.5, 0.6) is 0 Å². The van der Waals surface area contributed by atoms with Crippen molar-refractivity contribution in [3.8, 4) is 0 Å². The van der Waals surface area contributed by atoms with E-state index in [4.69, 9.17) is 14.2 Å². The molecule has 0 radical (unpaired) electrons. The van der Waals surface area contributed by atoms with Gasteiger partial charge < -0.3 is 14.2 Å². The normalized spacial score (nSPS) is 40.7. The summed E-state index contributed by atoms with van der Waals surface area (Å²) >= 11 is 0. The third-order valence-corrected chi connectivity index (χ3v) is 8.05. The Labute approximate surface area is 163 Å². The first-order chi connectivity index (χ1) is 13.0. The number of ether oxygens (including phenoxy) is 3.